The number of likely N-dealkylation sites (tertiary alicyclic amines) is 1. The summed E-state index contributed by atoms with van der Waals surface area (Å²) in [5, 5.41) is 1.04. The van der Waals surface area contributed by atoms with Crippen molar-refractivity contribution < 1.29 is 9.18 Å². The van der Waals surface area contributed by atoms with Crippen LogP contribution in [0.25, 0.3) is 10.2 Å². The lowest BCUT2D eigenvalue weighted by Gasteiger charge is -2.34. The average Bonchev–Trinajstić information content (AvgIpc) is 3.11. The summed E-state index contributed by atoms with van der Waals surface area (Å²) in [5.74, 6) is -0.0784. The van der Waals surface area contributed by atoms with Gasteiger partial charge in [0.15, 0.2) is 0 Å². The molecule has 0 N–H and O–H groups in total. The van der Waals surface area contributed by atoms with E-state index in [9.17, 15) is 9.18 Å². The van der Waals surface area contributed by atoms with E-state index in [-0.39, 0.29) is 17.8 Å². The number of carbonyl (C=O) groups excluding carboxylic acids is 1. The highest BCUT2D eigenvalue weighted by Crippen LogP contribution is 2.36. The van der Waals surface area contributed by atoms with Gasteiger partial charge in [-0.25, -0.2) is 9.37 Å². The van der Waals surface area contributed by atoms with Gasteiger partial charge in [-0.3, -0.25) is 4.79 Å². The maximum Gasteiger partial charge on any atom is 0.223 e. The lowest BCUT2D eigenvalue weighted by molar-refractivity contribution is -0.135. The van der Waals surface area contributed by atoms with Crippen molar-refractivity contribution in [3.63, 3.8) is 0 Å². The summed E-state index contributed by atoms with van der Waals surface area (Å²) in [7, 11) is 0. The molecule has 2 heterocycles. The van der Waals surface area contributed by atoms with E-state index in [0.717, 1.165) is 41.9 Å². The summed E-state index contributed by atoms with van der Waals surface area (Å²) in [4.78, 5) is 19.7. The van der Waals surface area contributed by atoms with Crippen LogP contribution in [0.2, 0.25) is 0 Å². The van der Waals surface area contributed by atoms with E-state index >= 15 is 0 Å². The smallest absolute Gasteiger partial charge is 0.223 e. The molecule has 0 radical (unpaired) electrons. The van der Waals surface area contributed by atoms with Crippen molar-refractivity contribution in [1.29, 1.82) is 0 Å². The van der Waals surface area contributed by atoms with E-state index in [4.69, 9.17) is 4.98 Å². The van der Waals surface area contributed by atoms with Crippen molar-refractivity contribution in [1.82, 2.24) is 9.88 Å². The number of benzene rings is 2. The van der Waals surface area contributed by atoms with Crippen LogP contribution in [0.5, 0.6) is 0 Å². The maximum absolute atomic E-state index is 13.0. The third-order valence-electron chi connectivity index (χ3n) is 4.96. The predicted molar refractivity (Wildman–Crippen MR) is 103 cm³/mol. The fourth-order valence-electron chi connectivity index (χ4n) is 3.57. The molecular weight excluding hydrogens is 347 g/mol. The van der Waals surface area contributed by atoms with Crippen LogP contribution >= 0.6 is 11.3 Å². The highest BCUT2D eigenvalue weighted by atomic mass is 32.1. The minimum Gasteiger partial charge on any atom is -0.333 e. The fourth-order valence-corrected chi connectivity index (χ4v) is 4.68. The van der Waals surface area contributed by atoms with Crippen molar-refractivity contribution in [2.45, 2.75) is 38.1 Å². The Morgan fingerprint density at radius 1 is 1.15 bits per heavy atom. The summed E-state index contributed by atoms with van der Waals surface area (Å²) in [5.41, 5.74) is 2.00. The zero-order valence-corrected chi connectivity index (χ0v) is 15.3. The molecule has 1 amide bonds. The molecule has 3 aromatic rings. The highest BCUT2D eigenvalue weighted by Gasteiger charge is 2.29. The molecule has 134 valence electrons. The number of rotatable bonds is 4. The van der Waals surface area contributed by atoms with Gasteiger partial charge < -0.3 is 4.90 Å². The lowest BCUT2D eigenvalue weighted by Crippen LogP contribution is -2.38. The van der Waals surface area contributed by atoms with Crippen LogP contribution in [0.3, 0.4) is 0 Å². The minimum absolute atomic E-state index is 0.0851. The first-order chi connectivity index (χ1) is 12.7. The van der Waals surface area contributed by atoms with Crippen LogP contribution in [0.15, 0.2) is 48.5 Å². The van der Waals surface area contributed by atoms with E-state index < -0.39 is 0 Å². The second kappa shape index (κ2) is 7.54. The Kier molecular flexibility index (Phi) is 4.98. The van der Waals surface area contributed by atoms with Crippen molar-refractivity contribution in [2.75, 3.05) is 6.54 Å². The van der Waals surface area contributed by atoms with Gasteiger partial charge in [0.1, 0.15) is 10.8 Å². The van der Waals surface area contributed by atoms with Crippen LogP contribution in [-0.4, -0.2) is 22.3 Å². The van der Waals surface area contributed by atoms with Gasteiger partial charge >= 0.3 is 0 Å². The Bertz CT molecular complexity index is 873. The lowest BCUT2D eigenvalue weighted by atomic mass is 10.0. The molecule has 0 spiro atoms. The molecule has 0 saturated carbocycles. The molecule has 1 fully saturated rings. The normalized spacial score (nSPS) is 17.6. The Labute approximate surface area is 156 Å². The molecule has 3 nitrogen and oxygen atoms in total. The Morgan fingerprint density at radius 2 is 1.96 bits per heavy atom. The van der Waals surface area contributed by atoms with Crippen LogP contribution in [0.4, 0.5) is 4.39 Å². The van der Waals surface area contributed by atoms with Crippen LogP contribution in [-0.2, 0) is 11.2 Å². The van der Waals surface area contributed by atoms with Gasteiger partial charge in [-0.1, -0.05) is 24.3 Å². The first kappa shape index (κ1) is 17.2. The van der Waals surface area contributed by atoms with Crippen molar-refractivity contribution in [2.24, 2.45) is 0 Å². The number of nitrogens with zero attached hydrogens (tertiary/aromatic N) is 2. The molecule has 0 bridgehead atoms. The Hall–Kier alpha value is -2.27. The number of halogens is 1. The minimum atomic E-state index is -0.244. The van der Waals surface area contributed by atoms with Crippen LogP contribution in [0.1, 0.15) is 42.3 Å². The van der Waals surface area contributed by atoms with Crippen molar-refractivity contribution >= 4 is 27.5 Å². The number of aryl methyl sites for hydroxylation is 1. The molecule has 5 heteroatoms. The molecule has 0 unspecified atom stereocenters. The zero-order chi connectivity index (χ0) is 17.9. The molecule has 1 saturated heterocycles. The van der Waals surface area contributed by atoms with Gasteiger partial charge in [-0.2, -0.15) is 0 Å². The standard InChI is InChI=1S/C21H21FN2OS/c22-16-11-8-15(9-12-16)10-13-20(25)24-14-4-3-6-18(24)21-23-17-5-1-2-7-19(17)26-21/h1-2,5,7-9,11-12,18H,3-4,6,10,13-14H2/t18-/m1/s1. The second-order valence-corrected chi connectivity index (χ2v) is 7.81. The van der Waals surface area contributed by atoms with Gasteiger partial charge in [0, 0.05) is 13.0 Å². The van der Waals surface area contributed by atoms with Crippen molar-refractivity contribution in [3.8, 4) is 0 Å². The van der Waals surface area contributed by atoms with E-state index in [2.05, 4.69) is 6.07 Å². The molecule has 1 atom stereocenters. The fraction of sp³-hybridized carbons (Fsp3) is 0.333. The van der Waals surface area contributed by atoms with Gasteiger partial charge in [0.2, 0.25) is 5.91 Å². The number of hydrogen-bond acceptors (Lipinski definition) is 3. The number of piperidine rings is 1. The number of fused-ring (bicyclic) bond motifs is 1. The third kappa shape index (κ3) is 3.63. The van der Waals surface area contributed by atoms with Crippen LogP contribution < -0.4 is 0 Å². The zero-order valence-electron chi connectivity index (χ0n) is 14.5. The predicted octanol–water partition coefficient (Wildman–Crippen LogP) is 5.12. The quantitative estimate of drug-likeness (QED) is 0.640. The molecule has 2 aromatic carbocycles. The highest BCUT2D eigenvalue weighted by molar-refractivity contribution is 7.18. The van der Waals surface area contributed by atoms with E-state index in [0.29, 0.717) is 12.8 Å². The second-order valence-electron chi connectivity index (χ2n) is 6.75. The van der Waals surface area contributed by atoms with Gasteiger partial charge in [-0.15, -0.1) is 11.3 Å². The van der Waals surface area contributed by atoms with Gasteiger partial charge in [-0.05, 0) is 55.5 Å². The SMILES string of the molecule is O=C(CCc1ccc(F)cc1)N1CCCC[C@@H]1c1nc2ccccc2s1. The Balaban J connectivity index is 1.49. The molecular formula is C21H21FN2OS. The van der Waals surface area contributed by atoms with Crippen LogP contribution in [0, 0.1) is 5.82 Å². The number of carbonyl (C=O) groups is 1. The maximum atomic E-state index is 13.0. The summed E-state index contributed by atoms with van der Waals surface area (Å²) < 4.78 is 14.2. The number of thiazole rings is 1. The van der Waals surface area contributed by atoms with E-state index in [1.54, 1.807) is 23.5 Å². The van der Waals surface area contributed by atoms with E-state index in [1.165, 1.54) is 16.8 Å². The molecule has 1 aromatic heterocycles. The summed E-state index contributed by atoms with van der Waals surface area (Å²) in [6, 6.07) is 14.6. The van der Waals surface area contributed by atoms with Gasteiger partial charge in [0.25, 0.3) is 0 Å². The number of hydrogen-bond donors (Lipinski definition) is 0. The molecule has 26 heavy (non-hydrogen) atoms. The van der Waals surface area contributed by atoms with Gasteiger partial charge in [0.05, 0.1) is 16.3 Å². The summed E-state index contributed by atoms with van der Waals surface area (Å²) in [6.07, 6.45) is 4.24. The average molecular weight is 368 g/mol. The largest absolute Gasteiger partial charge is 0.333 e. The van der Waals surface area contributed by atoms with E-state index in [1.807, 2.05) is 23.1 Å². The summed E-state index contributed by atoms with van der Waals surface area (Å²) in [6.45, 7) is 0.794. The molecule has 0 aliphatic carbocycles. The summed E-state index contributed by atoms with van der Waals surface area (Å²) >= 11 is 1.69. The van der Waals surface area contributed by atoms with Crippen molar-refractivity contribution in [3.05, 3.63) is 64.9 Å². The first-order valence-electron chi connectivity index (χ1n) is 9.10. The topological polar surface area (TPSA) is 33.2 Å². The number of para-hydroxylation sites is 1. The molecule has 4 rings (SSSR count). The molecule has 1 aliphatic rings. The number of aromatic nitrogens is 1. The first-order valence-corrected chi connectivity index (χ1v) is 9.92. The monoisotopic (exact) mass is 368 g/mol. The Morgan fingerprint density at radius 3 is 2.77 bits per heavy atom. The number of amides is 1. The molecule has 1 aliphatic heterocycles. The third-order valence-corrected chi connectivity index (χ3v) is 6.10.